The summed E-state index contributed by atoms with van der Waals surface area (Å²) in [6, 6.07) is 2.04. The molecule has 0 aliphatic rings. The van der Waals surface area contributed by atoms with Crippen LogP contribution >= 0.6 is 34.7 Å². The van der Waals surface area contributed by atoms with Crippen molar-refractivity contribution in [2.24, 2.45) is 0 Å². The first-order valence-corrected chi connectivity index (χ1v) is 5.72. The van der Waals surface area contributed by atoms with E-state index in [2.05, 4.69) is 44.8 Å². The van der Waals surface area contributed by atoms with E-state index in [1.165, 1.54) is 6.33 Å². The second-order valence-corrected chi connectivity index (χ2v) is 5.37. The normalized spacial score (nSPS) is 10.9. The van der Waals surface area contributed by atoms with Crippen LogP contribution in [0, 0.1) is 6.92 Å². The molecule has 14 heavy (non-hydrogen) atoms. The molecule has 7 heteroatoms. The van der Waals surface area contributed by atoms with Gasteiger partial charge in [0.15, 0.2) is 5.82 Å². The predicted molar refractivity (Wildman–Crippen MR) is 67.3 cm³/mol. The van der Waals surface area contributed by atoms with Crippen molar-refractivity contribution in [2.45, 2.75) is 6.92 Å². The smallest absolute Gasteiger partial charge is 0.162 e. The number of aromatic nitrogens is 3. The molecule has 0 spiro atoms. The number of nitrogens with zero attached hydrogens (tertiary/aromatic N) is 4. The van der Waals surface area contributed by atoms with E-state index in [0.29, 0.717) is 0 Å². The van der Waals surface area contributed by atoms with Gasteiger partial charge in [-0.15, -0.1) is 0 Å². The molecule has 2 heterocycles. The molecule has 2 atom stereocenters. The van der Waals surface area contributed by atoms with Gasteiger partial charge in [-0.2, -0.15) is 5.10 Å². The van der Waals surface area contributed by atoms with Gasteiger partial charge in [-0.3, -0.25) is 0 Å². The second-order valence-electron chi connectivity index (χ2n) is 2.91. The van der Waals surface area contributed by atoms with Gasteiger partial charge in [0.05, 0.1) is 0 Å². The molecular weight excluding hydrogens is 282 g/mol. The van der Waals surface area contributed by atoms with Crippen molar-refractivity contribution in [1.82, 2.24) is 14.6 Å². The van der Waals surface area contributed by atoms with Crippen molar-refractivity contribution in [1.29, 1.82) is 0 Å². The Balaban J connectivity index is 2.81. The fourth-order valence-electron chi connectivity index (χ4n) is 1.27. The number of anilines is 1. The van der Waals surface area contributed by atoms with Crippen LogP contribution in [0.5, 0.6) is 0 Å². The summed E-state index contributed by atoms with van der Waals surface area (Å²) in [5.41, 5.74) is 2.12. The Bertz CT molecular complexity index is 482. The Kier molecular flexibility index (Phi) is 2.74. The Morgan fingerprint density at radius 3 is 2.86 bits per heavy atom. The number of aryl methyl sites for hydroxylation is 1. The summed E-state index contributed by atoms with van der Waals surface area (Å²) in [5, 5.41) is 4.16. The molecule has 4 nitrogen and oxygen atoms in total. The molecule has 0 saturated carbocycles. The quantitative estimate of drug-likeness (QED) is 0.755. The lowest BCUT2D eigenvalue weighted by Crippen LogP contribution is -2.00. The lowest BCUT2D eigenvalue weighted by Gasteiger charge is -2.10. The molecule has 0 saturated heterocycles. The van der Waals surface area contributed by atoms with E-state index in [4.69, 9.17) is 0 Å². The van der Waals surface area contributed by atoms with Gasteiger partial charge in [-0.1, -0.05) is 0 Å². The standard InChI is InChI=1S/C7H9BrN4P2/c1-4-2-5-7(12(13)14)9-3-10-11(5)6(4)8/h2-3H,13-14H2,1H3. The van der Waals surface area contributed by atoms with Crippen molar-refractivity contribution < 1.29 is 0 Å². The van der Waals surface area contributed by atoms with Gasteiger partial charge in [0.2, 0.25) is 0 Å². The minimum atomic E-state index is 0.851. The number of rotatable bonds is 1. The zero-order valence-electron chi connectivity index (χ0n) is 7.48. The first-order chi connectivity index (χ1) is 6.61. The van der Waals surface area contributed by atoms with E-state index >= 15 is 0 Å². The molecular formula is C7H9BrN4P2. The molecule has 0 aromatic carbocycles. The first kappa shape index (κ1) is 10.3. The molecule has 0 radical (unpaired) electrons. The van der Waals surface area contributed by atoms with Crippen LogP contribution in [0.2, 0.25) is 0 Å². The summed E-state index contributed by atoms with van der Waals surface area (Å²) in [4.78, 5) is 4.19. The highest BCUT2D eigenvalue weighted by atomic mass is 79.9. The maximum atomic E-state index is 4.19. The Hall–Kier alpha value is -0.240. The third kappa shape index (κ3) is 1.54. The van der Waals surface area contributed by atoms with Crippen LogP contribution in [-0.2, 0) is 0 Å². The number of halogens is 1. The van der Waals surface area contributed by atoms with Gasteiger partial charge < -0.3 is 4.44 Å². The van der Waals surface area contributed by atoms with Gasteiger partial charge in [0.25, 0.3) is 0 Å². The molecule has 2 unspecified atom stereocenters. The Labute approximate surface area is 94.7 Å². The average molecular weight is 291 g/mol. The fourth-order valence-corrected chi connectivity index (χ4v) is 2.06. The molecule has 0 aliphatic carbocycles. The van der Waals surface area contributed by atoms with E-state index in [0.717, 1.165) is 21.5 Å². The molecule has 0 bridgehead atoms. The second kappa shape index (κ2) is 3.73. The number of hydrogen-bond acceptors (Lipinski definition) is 3. The Morgan fingerprint density at radius 2 is 2.21 bits per heavy atom. The van der Waals surface area contributed by atoms with Crippen molar-refractivity contribution in [3.8, 4) is 0 Å². The van der Waals surface area contributed by atoms with Crippen LogP contribution in [0.1, 0.15) is 5.56 Å². The SMILES string of the molecule is Cc1cc2c(N(P)P)ncnn2c1Br. The molecule has 2 aromatic rings. The fraction of sp³-hybridized carbons (Fsp3) is 0.143. The maximum Gasteiger partial charge on any atom is 0.162 e. The Morgan fingerprint density at radius 1 is 1.50 bits per heavy atom. The van der Waals surface area contributed by atoms with Crippen molar-refractivity contribution in [3.05, 3.63) is 22.6 Å². The van der Waals surface area contributed by atoms with Gasteiger partial charge >= 0.3 is 0 Å². The molecule has 2 rings (SSSR count). The van der Waals surface area contributed by atoms with Gasteiger partial charge in [-0.25, -0.2) is 9.50 Å². The highest BCUT2D eigenvalue weighted by Crippen LogP contribution is 2.29. The summed E-state index contributed by atoms with van der Waals surface area (Å²) < 4.78 is 4.59. The molecule has 0 N–H and O–H groups in total. The third-order valence-corrected chi connectivity index (χ3v) is 3.36. The average Bonchev–Trinajstić information content (AvgIpc) is 2.43. The topological polar surface area (TPSA) is 33.4 Å². The van der Waals surface area contributed by atoms with Crippen molar-refractivity contribution in [3.63, 3.8) is 0 Å². The van der Waals surface area contributed by atoms with Crippen LogP contribution in [0.3, 0.4) is 0 Å². The summed E-state index contributed by atoms with van der Waals surface area (Å²) in [5.74, 6) is 0.851. The summed E-state index contributed by atoms with van der Waals surface area (Å²) in [6.07, 6.45) is 1.54. The van der Waals surface area contributed by atoms with Crippen molar-refractivity contribution >= 4 is 46.0 Å². The molecule has 2 aromatic heterocycles. The van der Waals surface area contributed by atoms with Gasteiger partial charge in [-0.05, 0) is 53.3 Å². The van der Waals surface area contributed by atoms with Crippen LogP contribution in [0.4, 0.5) is 5.82 Å². The van der Waals surface area contributed by atoms with E-state index < -0.39 is 0 Å². The highest BCUT2D eigenvalue weighted by molar-refractivity contribution is 9.10. The van der Waals surface area contributed by atoms with Crippen LogP contribution in [-0.4, -0.2) is 14.6 Å². The zero-order valence-corrected chi connectivity index (χ0v) is 11.4. The summed E-state index contributed by atoms with van der Waals surface area (Å²) >= 11 is 3.47. The van der Waals surface area contributed by atoms with E-state index in [1.807, 2.05) is 21.9 Å². The van der Waals surface area contributed by atoms with E-state index in [9.17, 15) is 0 Å². The third-order valence-electron chi connectivity index (χ3n) is 1.91. The maximum absolute atomic E-state index is 4.19. The summed E-state index contributed by atoms with van der Waals surface area (Å²) in [6.45, 7) is 2.03. The zero-order chi connectivity index (χ0) is 10.3. The van der Waals surface area contributed by atoms with Gasteiger partial charge in [0.1, 0.15) is 16.4 Å². The number of hydrogen-bond donors (Lipinski definition) is 0. The van der Waals surface area contributed by atoms with Crippen LogP contribution in [0.25, 0.3) is 5.52 Å². The molecule has 0 fully saturated rings. The van der Waals surface area contributed by atoms with E-state index in [1.54, 1.807) is 0 Å². The molecule has 0 aliphatic heterocycles. The summed E-state index contributed by atoms with van der Waals surface area (Å²) in [7, 11) is 5.10. The molecule has 0 amide bonds. The van der Waals surface area contributed by atoms with Crippen LogP contribution in [0.15, 0.2) is 17.0 Å². The number of fused-ring (bicyclic) bond motifs is 1. The lowest BCUT2D eigenvalue weighted by atomic mass is 10.4. The first-order valence-electron chi connectivity index (χ1n) is 3.89. The minimum Gasteiger partial charge on any atom is -0.324 e. The van der Waals surface area contributed by atoms with E-state index in [-0.39, 0.29) is 0 Å². The van der Waals surface area contributed by atoms with Crippen LogP contribution < -0.4 is 4.44 Å². The highest BCUT2D eigenvalue weighted by Gasteiger charge is 2.10. The minimum absolute atomic E-state index is 0.851. The van der Waals surface area contributed by atoms with Crippen molar-refractivity contribution in [2.75, 3.05) is 4.44 Å². The van der Waals surface area contributed by atoms with Gasteiger partial charge in [0, 0.05) is 0 Å². The lowest BCUT2D eigenvalue weighted by molar-refractivity contribution is 0.884. The predicted octanol–water partition coefficient (Wildman–Crippen LogP) is 2.19. The monoisotopic (exact) mass is 290 g/mol. The molecule has 74 valence electrons. The largest absolute Gasteiger partial charge is 0.324 e.